The maximum atomic E-state index is 12.6. The van der Waals surface area contributed by atoms with Gasteiger partial charge in [0, 0.05) is 33.6 Å². The van der Waals surface area contributed by atoms with E-state index in [2.05, 4.69) is 0 Å². The average molecular weight is 411 g/mol. The number of fused-ring (bicyclic) bond motifs is 1. The Labute approximate surface area is 163 Å². The van der Waals surface area contributed by atoms with Crippen LogP contribution in [0.5, 0.6) is 0 Å². The predicted molar refractivity (Wildman–Crippen MR) is 105 cm³/mol. The maximum absolute atomic E-state index is 12.6. The summed E-state index contributed by atoms with van der Waals surface area (Å²) in [4.78, 5) is 36.6. The summed E-state index contributed by atoms with van der Waals surface area (Å²) < 4.78 is 33.4. The molecule has 1 aromatic heterocycles. The molecule has 0 atom stereocenters. The largest absolute Gasteiger partial charge is 0.466 e. The van der Waals surface area contributed by atoms with Gasteiger partial charge in [0.1, 0.15) is 0 Å². The van der Waals surface area contributed by atoms with Gasteiger partial charge in [-0.1, -0.05) is 0 Å². The van der Waals surface area contributed by atoms with Gasteiger partial charge in [-0.2, -0.15) is 0 Å². The fourth-order valence-corrected chi connectivity index (χ4v) is 3.84. The topological polar surface area (TPSA) is 108 Å². The number of sulfonamides is 1. The monoisotopic (exact) mass is 411 g/mol. The van der Waals surface area contributed by atoms with Crippen LogP contribution in [0, 0.1) is 0 Å². The van der Waals surface area contributed by atoms with Crippen LogP contribution in [0.2, 0.25) is 0 Å². The molecule has 0 N–H and O–H groups in total. The number of hydrogen-bond donors (Lipinski definition) is 0. The Kier molecular flexibility index (Phi) is 6.78. The molecule has 1 heterocycles. The van der Waals surface area contributed by atoms with Crippen molar-refractivity contribution in [2.75, 3.05) is 20.7 Å². The lowest BCUT2D eigenvalue weighted by Crippen LogP contribution is -2.41. The number of nitrogens with zero attached hydrogens (tertiary/aromatic N) is 3. The third kappa shape index (κ3) is 4.17. The molecule has 154 valence electrons. The standard InChI is InChI=1S/C18H25N3O6S/c1-5-20-14-10-9-13(28(25,26)19(3)4)12-15(14)21(18(24)17(20)23)11-7-8-16(22)27-6-2/h9-10,12H,5-8,11H2,1-4H3. The highest BCUT2D eigenvalue weighted by molar-refractivity contribution is 7.89. The van der Waals surface area contributed by atoms with Crippen LogP contribution in [-0.2, 0) is 32.6 Å². The Morgan fingerprint density at radius 3 is 2.29 bits per heavy atom. The molecule has 0 spiro atoms. The van der Waals surface area contributed by atoms with Gasteiger partial charge in [0.15, 0.2) is 0 Å². The summed E-state index contributed by atoms with van der Waals surface area (Å²) in [6, 6.07) is 4.33. The van der Waals surface area contributed by atoms with E-state index in [1.807, 2.05) is 0 Å². The SMILES string of the molecule is CCOC(=O)CCCn1c(=O)c(=O)n(CC)c2ccc(S(=O)(=O)N(C)C)cc21. The molecule has 0 saturated carbocycles. The third-order valence-electron chi connectivity index (χ3n) is 4.36. The van der Waals surface area contributed by atoms with Crippen molar-refractivity contribution in [1.29, 1.82) is 0 Å². The molecule has 9 nitrogen and oxygen atoms in total. The quantitative estimate of drug-likeness (QED) is 0.469. The van der Waals surface area contributed by atoms with E-state index in [1.165, 1.54) is 41.4 Å². The number of carbonyl (C=O) groups excluding carboxylic acids is 1. The second-order valence-electron chi connectivity index (χ2n) is 6.35. The van der Waals surface area contributed by atoms with Crippen LogP contribution in [0.1, 0.15) is 26.7 Å². The average Bonchev–Trinajstić information content (AvgIpc) is 2.65. The highest BCUT2D eigenvalue weighted by atomic mass is 32.2. The van der Waals surface area contributed by atoms with Crippen LogP contribution >= 0.6 is 0 Å². The van der Waals surface area contributed by atoms with Crippen molar-refractivity contribution in [2.24, 2.45) is 0 Å². The number of aryl methyl sites for hydroxylation is 2. The summed E-state index contributed by atoms with van der Waals surface area (Å²) in [5.41, 5.74) is -0.647. The summed E-state index contributed by atoms with van der Waals surface area (Å²) in [6.07, 6.45) is 0.377. The molecule has 0 aliphatic rings. The van der Waals surface area contributed by atoms with Crippen molar-refractivity contribution in [3.63, 3.8) is 0 Å². The minimum Gasteiger partial charge on any atom is -0.466 e. The van der Waals surface area contributed by atoms with Gasteiger partial charge in [-0.25, -0.2) is 12.7 Å². The summed E-state index contributed by atoms with van der Waals surface area (Å²) >= 11 is 0. The van der Waals surface area contributed by atoms with Gasteiger partial charge in [-0.05, 0) is 38.5 Å². The van der Waals surface area contributed by atoms with E-state index in [0.29, 0.717) is 11.0 Å². The lowest BCUT2D eigenvalue weighted by molar-refractivity contribution is -0.143. The van der Waals surface area contributed by atoms with E-state index < -0.39 is 27.1 Å². The van der Waals surface area contributed by atoms with Crippen molar-refractivity contribution in [2.45, 2.75) is 44.7 Å². The van der Waals surface area contributed by atoms with Crippen molar-refractivity contribution in [3.05, 3.63) is 38.9 Å². The smallest absolute Gasteiger partial charge is 0.316 e. The number of carbonyl (C=O) groups is 1. The fraction of sp³-hybridized carbons (Fsp3) is 0.500. The number of benzene rings is 1. The van der Waals surface area contributed by atoms with Gasteiger partial charge < -0.3 is 13.9 Å². The van der Waals surface area contributed by atoms with Gasteiger partial charge in [0.25, 0.3) is 0 Å². The van der Waals surface area contributed by atoms with Crippen molar-refractivity contribution >= 4 is 27.0 Å². The van der Waals surface area contributed by atoms with E-state index in [-0.39, 0.29) is 37.4 Å². The molecule has 0 saturated heterocycles. The van der Waals surface area contributed by atoms with Crippen molar-refractivity contribution in [1.82, 2.24) is 13.4 Å². The Bertz CT molecular complexity index is 1100. The minimum atomic E-state index is -3.71. The van der Waals surface area contributed by atoms with Crippen LogP contribution in [0.4, 0.5) is 0 Å². The number of hydrogen-bond acceptors (Lipinski definition) is 6. The number of aromatic nitrogens is 2. The molecule has 28 heavy (non-hydrogen) atoms. The van der Waals surface area contributed by atoms with Gasteiger partial charge in [-0.3, -0.25) is 14.4 Å². The second kappa shape index (κ2) is 8.70. The zero-order chi connectivity index (χ0) is 21.1. The van der Waals surface area contributed by atoms with Crippen LogP contribution in [0.15, 0.2) is 32.7 Å². The molecule has 0 unspecified atom stereocenters. The molecular formula is C18H25N3O6S. The molecular weight excluding hydrogens is 386 g/mol. The van der Waals surface area contributed by atoms with Crippen LogP contribution in [0.3, 0.4) is 0 Å². The normalized spacial score (nSPS) is 11.9. The first-order valence-electron chi connectivity index (χ1n) is 9.00. The van der Waals surface area contributed by atoms with Gasteiger partial charge in [-0.15, -0.1) is 0 Å². The fourth-order valence-electron chi connectivity index (χ4n) is 2.92. The molecule has 0 fully saturated rings. The van der Waals surface area contributed by atoms with E-state index in [9.17, 15) is 22.8 Å². The Balaban J connectivity index is 2.63. The molecule has 0 bridgehead atoms. The van der Waals surface area contributed by atoms with Crippen LogP contribution < -0.4 is 11.1 Å². The molecule has 2 rings (SSSR count). The van der Waals surface area contributed by atoms with Crippen LogP contribution in [-0.4, -0.2) is 48.5 Å². The van der Waals surface area contributed by atoms with Crippen molar-refractivity contribution in [3.8, 4) is 0 Å². The molecule has 0 radical (unpaired) electrons. The second-order valence-corrected chi connectivity index (χ2v) is 8.50. The molecule has 0 aliphatic heterocycles. The van der Waals surface area contributed by atoms with E-state index in [1.54, 1.807) is 13.8 Å². The van der Waals surface area contributed by atoms with E-state index >= 15 is 0 Å². The Morgan fingerprint density at radius 2 is 1.71 bits per heavy atom. The zero-order valence-corrected chi connectivity index (χ0v) is 17.3. The zero-order valence-electron chi connectivity index (χ0n) is 16.5. The first-order chi connectivity index (χ1) is 13.1. The summed E-state index contributed by atoms with van der Waals surface area (Å²) in [6.45, 7) is 4.07. The van der Waals surface area contributed by atoms with E-state index in [0.717, 1.165) is 4.31 Å². The van der Waals surface area contributed by atoms with Crippen LogP contribution in [0.25, 0.3) is 11.0 Å². The predicted octanol–water partition coefficient (Wildman–Crippen LogP) is 0.777. The molecule has 0 amide bonds. The highest BCUT2D eigenvalue weighted by Crippen LogP contribution is 2.20. The lowest BCUT2D eigenvalue weighted by atomic mass is 10.2. The van der Waals surface area contributed by atoms with Crippen molar-refractivity contribution < 1.29 is 17.9 Å². The summed E-state index contributed by atoms with van der Waals surface area (Å²) in [5, 5.41) is 0. The molecule has 2 aromatic rings. The molecule has 1 aromatic carbocycles. The minimum absolute atomic E-state index is 0.0184. The number of ether oxygens (including phenoxy) is 1. The third-order valence-corrected chi connectivity index (χ3v) is 6.18. The summed E-state index contributed by atoms with van der Waals surface area (Å²) in [7, 11) is -0.881. The first-order valence-corrected chi connectivity index (χ1v) is 10.4. The Hall–Kier alpha value is -2.46. The molecule has 10 heteroatoms. The van der Waals surface area contributed by atoms with Gasteiger partial charge in [0.05, 0.1) is 22.5 Å². The van der Waals surface area contributed by atoms with E-state index in [4.69, 9.17) is 4.74 Å². The maximum Gasteiger partial charge on any atom is 0.316 e. The number of esters is 1. The highest BCUT2D eigenvalue weighted by Gasteiger charge is 2.20. The Morgan fingerprint density at radius 1 is 1.07 bits per heavy atom. The van der Waals surface area contributed by atoms with Gasteiger partial charge in [0.2, 0.25) is 10.0 Å². The summed E-state index contributed by atoms with van der Waals surface area (Å²) in [5.74, 6) is -0.391. The number of rotatable bonds is 8. The lowest BCUT2D eigenvalue weighted by Gasteiger charge is -2.16. The first kappa shape index (κ1) is 21.8. The molecule has 0 aliphatic carbocycles. The van der Waals surface area contributed by atoms with Gasteiger partial charge >= 0.3 is 17.1 Å².